The van der Waals surface area contributed by atoms with Crippen molar-refractivity contribution in [2.45, 2.75) is 13.1 Å². The molecule has 0 fully saturated rings. The van der Waals surface area contributed by atoms with E-state index in [0.717, 1.165) is 19.2 Å². The third-order valence-electron chi connectivity index (χ3n) is 2.90. The summed E-state index contributed by atoms with van der Waals surface area (Å²) in [6.45, 7) is 4.21. The average Bonchev–Trinajstić information content (AvgIpc) is 2.82. The monoisotopic (exact) mass is 287 g/mol. The Bertz CT molecular complexity index is 578. The van der Waals surface area contributed by atoms with Gasteiger partial charge in [-0.3, -0.25) is 0 Å². The van der Waals surface area contributed by atoms with E-state index in [9.17, 15) is 13.2 Å². The van der Waals surface area contributed by atoms with Gasteiger partial charge in [0.2, 0.25) is 0 Å². The molecule has 2 aromatic rings. The van der Waals surface area contributed by atoms with Crippen molar-refractivity contribution in [3.05, 3.63) is 24.2 Å². The summed E-state index contributed by atoms with van der Waals surface area (Å²) < 4.78 is 39.3. The fourth-order valence-corrected chi connectivity index (χ4v) is 1.87. The van der Waals surface area contributed by atoms with Crippen LogP contribution in [0.15, 0.2) is 18.5 Å². The summed E-state index contributed by atoms with van der Waals surface area (Å²) in [6.07, 6.45) is -1.60. The zero-order chi connectivity index (χ0) is 14.8. The molecule has 0 aliphatic rings. The van der Waals surface area contributed by atoms with Gasteiger partial charge in [0.15, 0.2) is 11.5 Å². The van der Waals surface area contributed by atoms with Crippen LogP contribution >= 0.6 is 0 Å². The number of anilines is 1. The number of rotatable bonds is 5. The number of nitrogens with zero attached hydrogens (tertiary/aromatic N) is 4. The smallest absolute Gasteiger partial charge is 0.357 e. The quantitative estimate of drug-likeness (QED) is 0.852. The van der Waals surface area contributed by atoms with Crippen molar-refractivity contribution >= 4 is 11.3 Å². The molecule has 0 spiro atoms. The van der Waals surface area contributed by atoms with Crippen LogP contribution in [-0.2, 0) is 6.18 Å². The van der Waals surface area contributed by atoms with E-state index in [1.807, 2.05) is 6.92 Å². The second-order valence-corrected chi connectivity index (χ2v) is 4.38. The lowest BCUT2D eigenvalue weighted by atomic mass is 10.3. The topological polar surface area (TPSA) is 45.5 Å². The highest BCUT2D eigenvalue weighted by Crippen LogP contribution is 2.30. The molecule has 0 saturated carbocycles. The highest BCUT2D eigenvalue weighted by atomic mass is 19.4. The molecule has 2 heterocycles. The zero-order valence-electron chi connectivity index (χ0n) is 11.3. The molecular formula is C12H16F3N5. The number of hydrogen-bond donors (Lipinski definition) is 1. The first kappa shape index (κ1) is 14.6. The Morgan fingerprint density at radius 3 is 2.80 bits per heavy atom. The van der Waals surface area contributed by atoms with Crippen LogP contribution in [0.1, 0.15) is 12.6 Å². The lowest BCUT2D eigenvalue weighted by Crippen LogP contribution is -2.29. The van der Waals surface area contributed by atoms with Crippen molar-refractivity contribution < 1.29 is 13.2 Å². The fourth-order valence-electron chi connectivity index (χ4n) is 1.87. The van der Waals surface area contributed by atoms with Gasteiger partial charge in [0.1, 0.15) is 5.52 Å². The second kappa shape index (κ2) is 5.66. The first-order valence-electron chi connectivity index (χ1n) is 6.27. The van der Waals surface area contributed by atoms with Gasteiger partial charge in [0, 0.05) is 38.6 Å². The molecule has 2 rings (SSSR count). The minimum atomic E-state index is -4.45. The van der Waals surface area contributed by atoms with Crippen molar-refractivity contribution in [3.63, 3.8) is 0 Å². The largest absolute Gasteiger partial charge is 0.435 e. The van der Waals surface area contributed by atoms with E-state index in [4.69, 9.17) is 0 Å². The molecular weight excluding hydrogens is 271 g/mol. The van der Waals surface area contributed by atoms with Crippen LogP contribution < -0.4 is 10.2 Å². The van der Waals surface area contributed by atoms with E-state index in [2.05, 4.69) is 15.4 Å². The van der Waals surface area contributed by atoms with Gasteiger partial charge in [-0.1, -0.05) is 6.92 Å². The fraction of sp³-hybridized carbons (Fsp3) is 0.500. The Balaban J connectivity index is 2.31. The van der Waals surface area contributed by atoms with Crippen molar-refractivity contribution in [2.75, 3.05) is 31.6 Å². The average molecular weight is 287 g/mol. The van der Waals surface area contributed by atoms with Crippen LogP contribution in [0.25, 0.3) is 5.52 Å². The summed E-state index contributed by atoms with van der Waals surface area (Å²) >= 11 is 0. The number of alkyl halides is 3. The third-order valence-corrected chi connectivity index (χ3v) is 2.90. The van der Waals surface area contributed by atoms with Crippen molar-refractivity contribution in [1.82, 2.24) is 19.9 Å². The molecule has 0 radical (unpaired) electrons. The lowest BCUT2D eigenvalue weighted by Gasteiger charge is -2.18. The molecule has 1 N–H and O–H groups in total. The highest BCUT2D eigenvalue weighted by Gasteiger charge is 2.34. The molecule has 0 aromatic carbocycles. The maximum absolute atomic E-state index is 12.7. The Hall–Kier alpha value is -1.83. The van der Waals surface area contributed by atoms with Crippen molar-refractivity contribution in [1.29, 1.82) is 0 Å². The van der Waals surface area contributed by atoms with Crippen LogP contribution in [0.2, 0.25) is 0 Å². The van der Waals surface area contributed by atoms with Crippen LogP contribution in [0.3, 0.4) is 0 Å². The molecule has 2 aromatic heterocycles. The molecule has 20 heavy (non-hydrogen) atoms. The maximum Gasteiger partial charge on any atom is 0.435 e. The number of hydrogen-bond acceptors (Lipinski definition) is 4. The normalized spacial score (nSPS) is 12.1. The minimum Gasteiger partial charge on any atom is -0.357 e. The van der Waals surface area contributed by atoms with Gasteiger partial charge < -0.3 is 10.2 Å². The predicted molar refractivity (Wildman–Crippen MR) is 69.8 cm³/mol. The van der Waals surface area contributed by atoms with Crippen LogP contribution in [0.4, 0.5) is 19.0 Å². The van der Waals surface area contributed by atoms with Crippen LogP contribution in [0, 0.1) is 0 Å². The Kier molecular flexibility index (Phi) is 4.12. The summed E-state index contributed by atoms with van der Waals surface area (Å²) in [4.78, 5) is 5.96. The predicted octanol–water partition coefficient (Wildman–Crippen LogP) is 1.79. The van der Waals surface area contributed by atoms with Crippen molar-refractivity contribution in [3.8, 4) is 0 Å². The van der Waals surface area contributed by atoms with Gasteiger partial charge in [-0.2, -0.15) is 18.3 Å². The molecule has 5 nitrogen and oxygen atoms in total. The van der Waals surface area contributed by atoms with Crippen LogP contribution in [0.5, 0.6) is 0 Å². The first-order valence-corrected chi connectivity index (χ1v) is 6.27. The van der Waals surface area contributed by atoms with Gasteiger partial charge in [0.25, 0.3) is 0 Å². The Labute approximate surface area is 114 Å². The summed E-state index contributed by atoms with van der Waals surface area (Å²) in [5.74, 6) is 0.480. The van der Waals surface area contributed by atoms with E-state index in [-0.39, 0.29) is 0 Å². The maximum atomic E-state index is 12.7. The van der Waals surface area contributed by atoms with E-state index >= 15 is 0 Å². The number of fused-ring (bicyclic) bond motifs is 1. The minimum absolute atomic E-state index is 0.346. The van der Waals surface area contributed by atoms with E-state index < -0.39 is 11.9 Å². The number of likely N-dealkylation sites (N-methyl/N-ethyl adjacent to an activating group) is 2. The molecule has 0 bridgehead atoms. The van der Waals surface area contributed by atoms with Gasteiger partial charge in [0.05, 0.1) is 0 Å². The molecule has 0 aliphatic heterocycles. The molecule has 0 amide bonds. The van der Waals surface area contributed by atoms with Gasteiger partial charge >= 0.3 is 6.18 Å². The first-order chi connectivity index (χ1) is 9.43. The van der Waals surface area contributed by atoms with E-state index in [0.29, 0.717) is 17.9 Å². The number of aromatic nitrogens is 3. The molecule has 110 valence electrons. The molecule has 0 unspecified atom stereocenters. The third kappa shape index (κ3) is 3.01. The molecule has 8 heteroatoms. The van der Waals surface area contributed by atoms with Crippen LogP contribution in [-0.4, -0.2) is 41.3 Å². The lowest BCUT2D eigenvalue weighted by molar-refractivity contribution is -0.141. The van der Waals surface area contributed by atoms with Crippen molar-refractivity contribution in [2.24, 2.45) is 0 Å². The Morgan fingerprint density at radius 2 is 2.15 bits per heavy atom. The SMILES string of the molecule is CCNCCN(C)c1nccn2nc(C(F)(F)F)cc12. The Morgan fingerprint density at radius 1 is 1.40 bits per heavy atom. The van der Waals surface area contributed by atoms with Gasteiger partial charge in [-0.15, -0.1) is 0 Å². The summed E-state index contributed by atoms with van der Waals surface area (Å²) in [5.41, 5.74) is -0.564. The van der Waals surface area contributed by atoms with Gasteiger partial charge in [-0.25, -0.2) is 9.50 Å². The summed E-state index contributed by atoms with van der Waals surface area (Å²) in [5, 5.41) is 6.69. The molecule has 0 saturated heterocycles. The highest BCUT2D eigenvalue weighted by molar-refractivity contribution is 5.69. The standard InChI is InChI=1S/C12H16F3N5/c1-3-16-4-6-19(2)11-9-8-10(12(13,14)15)18-20(9)7-5-17-11/h5,7-8,16H,3-4,6H2,1-2H3. The summed E-state index contributed by atoms with van der Waals surface area (Å²) in [6, 6.07) is 1.02. The molecule has 0 atom stereocenters. The molecule has 0 aliphatic carbocycles. The number of halogens is 3. The second-order valence-electron chi connectivity index (χ2n) is 4.38. The summed E-state index contributed by atoms with van der Waals surface area (Å²) in [7, 11) is 1.79. The van der Waals surface area contributed by atoms with E-state index in [1.54, 1.807) is 11.9 Å². The number of nitrogens with one attached hydrogen (secondary N) is 1. The van der Waals surface area contributed by atoms with E-state index in [1.165, 1.54) is 16.9 Å². The van der Waals surface area contributed by atoms with Gasteiger partial charge in [-0.05, 0) is 6.54 Å². The zero-order valence-corrected chi connectivity index (χ0v) is 11.3.